The fourth-order valence-electron chi connectivity index (χ4n) is 5.17. The standard InChI is InChI=1S/C24H27F2N3/c1-28-23-11-12-29(18-5-3-2-4-6-18)15-20(23)19-9-7-17(14-24(19)28)27-16-8-10-21(25)22(26)13-16/h7-10,13-14,18,27H,2-6,11-12,15H2,1H3. The van der Waals surface area contributed by atoms with Gasteiger partial charge >= 0.3 is 0 Å². The first-order valence-corrected chi connectivity index (χ1v) is 10.7. The molecular formula is C24H27F2N3. The van der Waals surface area contributed by atoms with Gasteiger partial charge in [0.2, 0.25) is 0 Å². The van der Waals surface area contributed by atoms with Crippen LogP contribution in [-0.2, 0) is 20.0 Å². The van der Waals surface area contributed by atoms with Gasteiger partial charge in [0.25, 0.3) is 0 Å². The van der Waals surface area contributed by atoms with Crippen LogP contribution in [0.5, 0.6) is 0 Å². The Labute approximate surface area is 170 Å². The second-order valence-electron chi connectivity index (χ2n) is 8.48. The van der Waals surface area contributed by atoms with Crippen molar-refractivity contribution in [2.75, 3.05) is 11.9 Å². The van der Waals surface area contributed by atoms with Gasteiger partial charge in [-0.25, -0.2) is 8.78 Å². The van der Waals surface area contributed by atoms with Gasteiger partial charge in [-0.2, -0.15) is 0 Å². The Bertz CT molecular complexity index is 1050. The van der Waals surface area contributed by atoms with Crippen molar-refractivity contribution in [3.05, 3.63) is 59.3 Å². The molecule has 1 aliphatic carbocycles. The molecule has 2 aliphatic rings. The van der Waals surface area contributed by atoms with Crippen LogP contribution in [0.25, 0.3) is 10.9 Å². The van der Waals surface area contributed by atoms with Crippen LogP contribution in [0, 0.1) is 11.6 Å². The zero-order valence-electron chi connectivity index (χ0n) is 16.8. The van der Waals surface area contributed by atoms with Gasteiger partial charge in [0.15, 0.2) is 11.6 Å². The van der Waals surface area contributed by atoms with Crippen LogP contribution in [0.4, 0.5) is 20.2 Å². The summed E-state index contributed by atoms with van der Waals surface area (Å²) < 4.78 is 29.0. The predicted molar refractivity (Wildman–Crippen MR) is 114 cm³/mol. The lowest BCUT2D eigenvalue weighted by molar-refractivity contribution is 0.141. The van der Waals surface area contributed by atoms with Crippen LogP contribution in [0.2, 0.25) is 0 Å². The lowest BCUT2D eigenvalue weighted by Gasteiger charge is -2.37. The van der Waals surface area contributed by atoms with Crippen LogP contribution in [0.15, 0.2) is 36.4 Å². The predicted octanol–water partition coefficient (Wildman–Crippen LogP) is 5.89. The number of anilines is 2. The Morgan fingerprint density at radius 1 is 0.931 bits per heavy atom. The molecule has 0 atom stereocenters. The third-order valence-electron chi connectivity index (χ3n) is 6.73. The van der Waals surface area contributed by atoms with Crippen LogP contribution >= 0.6 is 0 Å². The largest absolute Gasteiger partial charge is 0.355 e. The third-order valence-corrected chi connectivity index (χ3v) is 6.73. The highest BCUT2D eigenvalue weighted by Crippen LogP contribution is 2.35. The van der Waals surface area contributed by atoms with Crippen molar-refractivity contribution in [1.29, 1.82) is 0 Å². The molecule has 5 rings (SSSR count). The van der Waals surface area contributed by atoms with E-state index < -0.39 is 11.6 Å². The van der Waals surface area contributed by atoms with Gasteiger partial charge in [0.05, 0.1) is 5.52 Å². The highest BCUT2D eigenvalue weighted by molar-refractivity contribution is 5.89. The van der Waals surface area contributed by atoms with E-state index in [-0.39, 0.29) is 0 Å². The summed E-state index contributed by atoms with van der Waals surface area (Å²) in [4.78, 5) is 2.69. The van der Waals surface area contributed by atoms with Gasteiger partial charge < -0.3 is 9.88 Å². The van der Waals surface area contributed by atoms with E-state index in [0.717, 1.165) is 37.3 Å². The highest BCUT2D eigenvalue weighted by Gasteiger charge is 2.28. The first kappa shape index (κ1) is 18.6. The third kappa shape index (κ3) is 3.42. The van der Waals surface area contributed by atoms with Crippen molar-refractivity contribution in [2.24, 2.45) is 7.05 Å². The molecule has 3 nitrogen and oxygen atoms in total. The van der Waals surface area contributed by atoms with Gasteiger partial charge in [-0.15, -0.1) is 0 Å². The number of fused-ring (bicyclic) bond motifs is 3. The minimum Gasteiger partial charge on any atom is -0.355 e. The van der Waals surface area contributed by atoms with Crippen LogP contribution in [0.3, 0.4) is 0 Å². The summed E-state index contributed by atoms with van der Waals surface area (Å²) in [7, 11) is 2.14. The molecule has 5 heteroatoms. The molecule has 0 bridgehead atoms. The van der Waals surface area contributed by atoms with E-state index in [1.165, 1.54) is 60.3 Å². The minimum atomic E-state index is -0.840. The first-order chi connectivity index (χ1) is 14.1. The number of benzene rings is 2. The van der Waals surface area contributed by atoms with E-state index in [2.05, 4.69) is 34.0 Å². The number of hydrogen-bond donors (Lipinski definition) is 1. The van der Waals surface area contributed by atoms with Crippen LogP contribution < -0.4 is 5.32 Å². The monoisotopic (exact) mass is 395 g/mol. The highest BCUT2D eigenvalue weighted by atomic mass is 19.2. The molecule has 29 heavy (non-hydrogen) atoms. The van der Waals surface area contributed by atoms with E-state index in [9.17, 15) is 8.78 Å². The van der Waals surface area contributed by atoms with Crippen molar-refractivity contribution in [2.45, 2.75) is 51.1 Å². The smallest absolute Gasteiger partial charge is 0.160 e. The van der Waals surface area contributed by atoms with Gasteiger partial charge in [-0.3, -0.25) is 4.90 Å². The average Bonchev–Trinajstić information content (AvgIpc) is 3.03. The molecule has 0 saturated heterocycles. The molecule has 0 radical (unpaired) electrons. The Hall–Kier alpha value is -2.40. The van der Waals surface area contributed by atoms with Crippen molar-refractivity contribution in [1.82, 2.24) is 9.47 Å². The molecule has 152 valence electrons. The number of aromatic nitrogens is 1. The number of nitrogens with one attached hydrogen (secondary N) is 1. The van der Waals surface area contributed by atoms with Crippen molar-refractivity contribution < 1.29 is 8.78 Å². The Morgan fingerprint density at radius 2 is 1.69 bits per heavy atom. The molecule has 1 fully saturated rings. The number of halogens is 2. The fourth-order valence-corrected chi connectivity index (χ4v) is 5.17. The molecule has 0 spiro atoms. The molecule has 0 unspecified atom stereocenters. The summed E-state index contributed by atoms with van der Waals surface area (Å²) >= 11 is 0. The number of hydrogen-bond acceptors (Lipinski definition) is 2. The lowest BCUT2D eigenvalue weighted by atomic mass is 9.92. The summed E-state index contributed by atoms with van der Waals surface area (Å²) in [5.41, 5.74) is 5.50. The fraction of sp³-hybridized carbons (Fsp3) is 0.417. The molecule has 3 aromatic rings. The molecule has 2 aromatic carbocycles. The summed E-state index contributed by atoms with van der Waals surface area (Å²) in [6, 6.07) is 10.9. The molecule has 1 aromatic heterocycles. The normalized spacial score (nSPS) is 18.2. The van der Waals surface area contributed by atoms with Crippen LogP contribution in [-0.4, -0.2) is 22.1 Å². The topological polar surface area (TPSA) is 20.2 Å². The molecule has 1 N–H and O–H groups in total. The van der Waals surface area contributed by atoms with E-state index in [4.69, 9.17) is 0 Å². The Morgan fingerprint density at radius 3 is 2.48 bits per heavy atom. The van der Waals surface area contributed by atoms with Crippen molar-refractivity contribution >= 4 is 22.3 Å². The maximum absolute atomic E-state index is 13.5. The van der Waals surface area contributed by atoms with Gasteiger partial charge in [0.1, 0.15) is 0 Å². The van der Waals surface area contributed by atoms with Gasteiger partial charge in [-0.1, -0.05) is 25.3 Å². The van der Waals surface area contributed by atoms with Crippen LogP contribution in [0.1, 0.15) is 43.4 Å². The number of rotatable bonds is 3. The molecule has 1 saturated carbocycles. The molecule has 2 heterocycles. The van der Waals surface area contributed by atoms with E-state index >= 15 is 0 Å². The quantitative estimate of drug-likeness (QED) is 0.597. The molecule has 1 aliphatic heterocycles. The second kappa shape index (κ2) is 7.45. The Kier molecular flexibility index (Phi) is 4.78. The number of aryl methyl sites for hydroxylation is 1. The van der Waals surface area contributed by atoms with Gasteiger partial charge in [0, 0.05) is 61.1 Å². The summed E-state index contributed by atoms with van der Waals surface area (Å²) in [5, 5.41) is 4.51. The Balaban J connectivity index is 1.44. The first-order valence-electron chi connectivity index (χ1n) is 10.7. The summed E-state index contributed by atoms with van der Waals surface area (Å²) in [5.74, 6) is -1.67. The SMILES string of the molecule is Cn1c2c(c3ccc(Nc4ccc(F)c(F)c4)cc31)CN(C1CCCCC1)CC2. The lowest BCUT2D eigenvalue weighted by Crippen LogP contribution is -2.40. The maximum atomic E-state index is 13.5. The zero-order chi connectivity index (χ0) is 20.0. The van der Waals surface area contributed by atoms with E-state index in [0.29, 0.717) is 5.69 Å². The molecular weight excluding hydrogens is 368 g/mol. The zero-order valence-corrected chi connectivity index (χ0v) is 16.8. The average molecular weight is 395 g/mol. The van der Waals surface area contributed by atoms with Gasteiger partial charge in [-0.05, 0) is 42.7 Å². The van der Waals surface area contributed by atoms with Crippen molar-refractivity contribution in [3.63, 3.8) is 0 Å². The maximum Gasteiger partial charge on any atom is 0.160 e. The number of nitrogens with zero attached hydrogens (tertiary/aromatic N) is 2. The second-order valence-corrected chi connectivity index (χ2v) is 8.48. The summed E-state index contributed by atoms with van der Waals surface area (Å²) in [6.45, 7) is 2.18. The van der Waals surface area contributed by atoms with E-state index in [1.54, 1.807) is 6.07 Å². The van der Waals surface area contributed by atoms with Crippen molar-refractivity contribution in [3.8, 4) is 0 Å². The van der Waals surface area contributed by atoms with E-state index in [1.807, 2.05) is 6.07 Å². The minimum absolute atomic E-state index is 0.547. The summed E-state index contributed by atoms with van der Waals surface area (Å²) in [6.07, 6.45) is 7.87. The molecule has 0 amide bonds.